The van der Waals surface area contributed by atoms with Gasteiger partial charge in [0.15, 0.2) is 0 Å². The third kappa shape index (κ3) is 4.02. The van der Waals surface area contributed by atoms with E-state index >= 15 is 0 Å². The lowest BCUT2D eigenvalue weighted by molar-refractivity contribution is -0.137. The quantitative estimate of drug-likeness (QED) is 0.683. The Kier molecular flexibility index (Phi) is 4.94. The number of halogens is 3. The number of aromatic hydroxyl groups is 1. The van der Waals surface area contributed by atoms with Gasteiger partial charge in [-0.3, -0.25) is 14.4 Å². The van der Waals surface area contributed by atoms with Crippen molar-refractivity contribution in [2.75, 3.05) is 0 Å². The first-order valence-corrected chi connectivity index (χ1v) is 8.34. The average Bonchev–Trinajstić information content (AvgIpc) is 2.88. The molecule has 4 nitrogen and oxygen atoms in total. The highest BCUT2D eigenvalue weighted by Crippen LogP contribution is 2.31. The molecule has 0 radical (unpaired) electrons. The molecule has 26 heavy (non-hydrogen) atoms. The van der Waals surface area contributed by atoms with Gasteiger partial charge >= 0.3 is 11.0 Å². The maximum Gasteiger partial charge on any atom is 0.416 e. The van der Waals surface area contributed by atoms with Gasteiger partial charge in [-0.15, -0.1) is 0 Å². The second kappa shape index (κ2) is 7.17. The minimum atomic E-state index is -4.46. The van der Waals surface area contributed by atoms with E-state index in [9.17, 15) is 23.1 Å². The van der Waals surface area contributed by atoms with Crippen molar-refractivity contribution < 1.29 is 18.3 Å². The van der Waals surface area contributed by atoms with Gasteiger partial charge in [0, 0.05) is 0 Å². The summed E-state index contributed by atoms with van der Waals surface area (Å²) in [6, 6.07) is 13.6. The summed E-state index contributed by atoms with van der Waals surface area (Å²) in [6.07, 6.45) is -3.27. The van der Waals surface area contributed by atoms with Crippen molar-refractivity contribution in [1.82, 2.24) is 4.57 Å². The van der Waals surface area contributed by atoms with Crippen molar-refractivity contribution in [3.8, 4) is 5.88 Å². The molecule has 0 bridgehead atoms. The summed E-state index contributed by atoms with van der Waals surface area (Å²) in [6.45, 7) is 0.194. The number of hydrogen-bond acceptors (Lipinski definition) is 4. The SMILES string of the molecule is O=c1sc(C=Nc2cccc(C(F)(F)F)c2)c(O)n1Cc1ccccc1. The van der Waals surface area contributed by atoms with Crippen LogP contribution in [0.2, 0.25) is 0 Å². The minimum absolute atomic E-state index is 0.0784. The fraction of sp³-hybridized carbons (Fsp3) is 0.111. The molecule has 0 fully saturated rings. The van der Waals surface area contributed by atoms with Crippen LogP contribution >= 0.6 is 11.3 Å². The molecule has 134 valence electrons. The van der Waals surface area contributed by atoms with Crippen LogP contribution < -0.4 is 4.87 Å². The van der Waals surface area contributed by atoms with E-state index in [-0.39, 0.29) is 27.9 Å². The molecule has 0 saturated heterocycles. The normalized spacial score (nSPS) is 12.0. The maximum atomic E-state index is 12.7. The Morgan fingerprint density at radius 1 is 1.12 bits per heavy atom. The molecule has 3 aromatic rings. The summed E-state index contributed by atoms with van der Waals surface area (Å²) in [7, 11) is 0. The third-order valence-electron chi connectivity index (χ3n) is 3.58. The molecule has 1 aromatic heterocycles. The number of benzene rings is 2. The lowest BCUT2D eigenvalue weighted by atomic mass is 10.2. The summed E-state index contributed by atoms with van der Waals surface area (Å²) in [5.41, 5.74) is 0.102. The summed E-state index contributed by atoms with van der Waals surface area (Å²) >= 11 is 0.775. The van der Waals surface area contributed by atoms with Gasteiger partial charge in [-0.05, 0) is 23.8 Å². The molecule has 0 amide bonds. The van der Waals surface area contributed by atoms with Crippen LogP contribution in [0.5, 0.6) is 5.88 Å². The lowest BCUT2D eigenvalue weighted by Gasteiger charge is -2.06. The van der Waals surface area contributed by atoms with Crippen LogP contribution in [-0.2, 0) is 12.7 Å². The molecule has 8 heteroatoms. The lowest BCUT2D eigenvalue weighted by Crippen LogP contribution is -2.13. The maximum absolute atomic E-state index is 12.7. The number of alkyl halides is 3. The molecule has 0 spiro atoms. The average molecular weight is 378 g/mol. The van der Waals surface area contributed by atoms with E-state index in [2.05, 4.69) is 4.99 Å². The highest BCUT2D eigenvalue weighted by Gasteiger charge is 2.30. The van der Waals surface area contributed by atoms with Crippen LogP contribution in [0.3, 0.4) is 0 Å². The van der Waals surface area contributed by atoms with Gasteiger partial charge in [0.1, 0.15) is 4.88 Å². The summed E-state index contributed by atoms with van der Waals surface area (Å²) in [5.74, 6) is -0.264. The standard InChI is InChI=1S/C18H13F3N2O2S/c19-18(20,21)13-7-4-8-14(9-13)22-10-15-16(24)23(17(25)26-15)11-12-5-2-1-3-6-12/h1-10,24H,11H2. The molecular formula is C18H13F3N2O2S. The Morgan fingerprint density at radius 3 is 2.54 bits per heavy atom. The Bertz CT molecular complexity index is 992. The number of rotatable bonds is 4. The topological polar surface area (TPSA) is 54.6 Å². The molecule has 0 aliphatic rings. The van der Waals surface area contributed by atoms with E-state index in [0.717, 1.165) is 29.0 Å². The zero-order valence-corrected chi connectivity index (χ0v) is 14.1. The molecule has 0 aliphatic heterocycles. The number of aliphatic imine (C=N–C) groups is 1. The minimum Gasteiger partial charge on any atom is -0.493 e. The monoisotopic (exact) mass is 378 g/mol. The Labute approximate surface area is 150 Å². The molecule has 1 N–H and O–H groups in total. The molecule has 2 aromatic carbocycles. The van der Waals surface area contributed by atoms with Crippen LogP contribution in [0.25, 0.3) is 0 Å². The van der Waals surface area contributed by atoms with E-state index in [1.54, 1.807) is 0 Å². The van der Waals surface area contributed by atoms with Crippen LogP contribution in [-0.4, -0.2) is 15.9 Å². The molecule has 3 rings (SSSR count). The summed E-state index contributed by atoms with van der Waals surface area (Å²) in [4.78, 5) is 15.8. The summed E-state index contributed by atoms with van der Waals surface area (Å²) in [5, 5.41) is 10.2. The second-order valence-corrected chi connectivity index (χ2v) is 6.43. The van der Waals surface area contributed by atoms with Crippen molar-refractivity contribution in [2.45, 2.75) is 12.7 Å². The van der Waals surface area contributed by atoms with Crippen LogP contribution in [0, 0.1) is 0 Å². The predicted molar refractivity (Wildman–Crippen MR) is 94.5 cm³/mol. The van der Waals surface area contributed by atoms with Crippen molar-refractivity contribution >= 4 is 23.2 Å². The second-order valence-electron chi connectivity index (χ2n) is 5.43. The fourth-order valence-electron chi connectivity index (χ4n) is 2.30. The number of nitrogens with zero attached hydrogens (tertiary/aromatic N) is 2. The van der Waals surface area contributed by atoms with Crippen LogP contribution in [0.4, 0.5) is 18.9 Å². The Balaban J connectivity index is 1.86. The van der Waals surface area contributed by atoms with Crippen LogP contribution in [0.1, 0.15) is 16.0 Å². The molecule has 1 heterocycles. The number of hydrogen-bond donors (Lipinski definition) is 1. The van der Waals surface area contributed by atoms with Crippen molar-refractivity contribution in [3.63, 3.8) is 0 Å². The number of aromatic nitrogens is 1. The first-order valence-electron chi connectivity index (χ1n) is 7.52. The summed E-state index contributed by atoms with van der Waals surface area (Å²) < 4.78 is 39.4. The van der Waals surface area contributed by atoms with E-state index in [0.29, 0.717) is 0 Å². The Morgan fingerprint density at radius 2 is 1.85 bits per heavy atom. The van der Waals surface area contributed by atoms with E-state index in [1.165, 1.54) is 22.9 Å². The van der Waals surface area contributed by atoms with Crippen molar-refractivity contribution in [3.05, 3.63) is 80.3 Å². The van der Waals surface area contributed by atoms with Crippen LogP contribution in [0.15, 0.2) is 64.4 Å². The first kappa shape index (κ1) is 17.9. The van der Waals surface area contributed by atoms with Gasteiger partial charge in [0.2, 0.25) is 5.88 Å². The zero-order chi connectivity index (χ0) is 18.7. The van der Waals surface area contributed by atoms with Crippen molar-refractivity contribution in [1.29, 1.82) is 0 Å². The molecule has 0 saturated carbocycles. The van der Waals surface area contributed by atoms with Gasteiger partial charge in [-0.25, -0.2) is 0 Å². The highest BCUT2D eigenvalue weighted by molar-refractivity contribution is 7.11. The van der Waals surface area contributed by atoms with Gasteiger partial charge in [-0.1, -0.05) is 47.7 Å². The van der Waals surface area contributed by atoms with Gasteiger partial charge in [0.05, 0.1) is 24.0 Å². The fourth-order valence-corrected chi connectivity index (χ4v) is 3.06. The third-order valence-corrected chi connectivity index (χ3v) is 4.48. The smallest absolute Gasteiger partial charge is 0.416 e. The predicted octanol–water partition coefficient (Wildman–Crippen LogP) is 4.43. The molecule has 0 aliphatic carbocycles. The van der Waals surface area contributed by atoms with Crippen molar-refractivity contribution in [2.24, 2.45) is 4.99 Å². The first-order chi connectivity index (χ1) is 12.3. The highest BCUT2D eigenvalue weighted by atomic mass is 32.1. The Hall–Kier alpha value is -2.87. The molecular weight excluding hydrogens is 365 g/mol. The molecule has 0 atom stereocenters. The largest absolute Gasteiger partial charge is 0.493 e. The number of thiazole rings is 1. The zero-order valence-electron chi connectivity index (χ0n) is 13.3. The van der Waals surface area contributed by atoms with Gasteiger partial charge < -0.3 is 5.11 Å². The molecule has 0 unspecified atom stereocenters. The van der Waals surface area contributed by atoms with E-state index in [1.807, 2.05) is 30.3 Å². The van der Waals surface area contributed by atoms with E-state index in [4.69, 9.17) is 0 Å². The van der Waals surface area contributed by atoms with Gasteiger partial charge in [0.25, 0.3) is 0 Å². The van der Waals surface area contributed by atoms with E-state index < -0.39 is 11.7 Å². The van der Waals surface area contributed by atoms with Gasteiger partial charge in [-0.2, -0.15) is 13.2 Å².